The van der Waals surface area contributed by atoms with Gasteiger partial charge in [-0.3, -0.25) is 0 Å². The Bertz CT molecular complexity index is 315. The fourth-order valence-electron chi connectivity index (χ4n) is 3.47. The van der Waals surface area contributed by atoms with Gasteiger partial charge in [0.15, 0.2) is 8.32 Å². The first-order valence-corrected chi connectivity index (χ1v) is 9.91. The van der Waals surface area contributed by atoms with Crippen LogP contribution in [0.3, 0.4) is 0 Å². The van der Waals surface area contributed by atoms with Gasteiger partial charge in [-0.2, -0.15) is 0 Å². The van der Waals surface area contributed by atoms with Crippen molar-refractivity contribution >= 4 is 8.32 Å². The first-order chi connectivity index (χ1) is 8.63. The van der Waals surface area contributed by atoms with E-state index in [2.05, 4.69) is 55.0 Å². The minimum absolute atomic E-state index is 0.0353. The zero-order valence-corrected chi connectivity index (χ0v) is 14.7. The van der Waals surface area contributed by atoms with Gasteiger partial charge in [-0.05, 0) is 30.0 Å². The summed E-state index contributed by atoms with van der Waals surface area (Å²) in [6.45, 7) is 19.6. The van der Waals surface area contributed by atoms with Crippen LogP contribution in [-0.4, -0.2) is 25.6 Å². The average Bonchev–Trinajstić information content (AvgIpc) is 2.27. The van der Waals surface area contributed by atoms with E-state index in [9.17, 15) is 5.11 Å². The first kappa shape index (κ1) is 16.9. The topological polar surface area (TPSA) is 29.5 Å². The summed E-state index contributed by atoms with van der Waals surface area (Å²) in [6.07, 6.45) is -0.428. The summed E-state index contributed by atoms with van der Waals surface area (Å²) in [5.74, 6) is 0.555. The monoisotopic (exact) mass is 284 g/mol. The van der Waals surface area contributed by atoms with Gasteiger partial charge in [0.05, 0.1) is 12.2 Å². The molecule has 0 spiro atoms. The van der Waals surface area contributed by atoms with Crippen LogP contribution in [0.15, 0.2) is 12.2 Å². The number of aliphatic hydroxyl groups is 1. The third kappa shape index (κ3) is 3.14. The fraction of sp³-hybridized carbons (Fsp3) is 0.875. The van der Waals surface area contributed by atoms with Crippen molar-refractivity contribution < 1.29 is 9.53 Å². The molecule has 0 amide bonds. The van der Waals surface area contributed by atoms with Crippen LogP contribution in [0.25, 0.3) is 0 Å². The van der Waals surface area contributed by atoms with E-state index in [0.29, 0.717) is 17.0 Å². The third-order valence-corrected chi connectivity index (χ3v) is 10.6. The highest BCUT2D eigenvalue weighted by Gasteiger charge is 2.52. The highest BCUT2D eigenvalue weighted by atomic mass is 28.4. The summed E-state index contributed by atoms with van der Waals surface area (Å²) >= 11 is 0. The molecule has 1 N–H and O–H groups in total. The lowest BCUT2D eigenvalue weighted by atomic mass is 9.88. The van der Waals surface area contributed by atoms with Gasteiger partial charge in [0.2, 0.25) is 0 Å². The molecule has 1 fully saturated rings. The Morgan fingerprint density at radius 1 is 1.16 bits per heavy atom. The normalized spacial score (nSPS) is 31.2. The Morgan fingerprint density at radius 2 is 1.63 bits per heavy atom. The standard InChI is InChI=1S/C16H32O2Si/c1-10(2)14-9-19(12(5)6,13(7)8)18-16(11(3)4)15(14)17/h11-17H,1,9H2,2-8H3/t14-,15-,16+/m1/s1. The third-order valence-electron chi connectivity index (χ3n) is 4.89. The van der Waals surface area contributed by atoms with Gasteiger partial charge in [0.25, 0.3) is 0 Å². The van der Waals surface area contributed by atoms with Crippen molar-refractivity contribution in [3.63, 3.8) is 0 Å². The Balaban J connectivity index is 3.18. The fourth-order valence-corrected chi connectivity index (χ4v) is 8.58. The van der Waals surface area contributed by atoms with Crippen LogP contribution in [0.2, 0.25) is 17.1 Å². The van der Waals surface area contributed by atoms with Crippen LogP contribution in [0.4, 0.5) is 0 Å². The van der Waals surface area contributed by atoms with Crippen LogP contribution >= 0.6 is 0 Å². The van der Waals surface area contributed by atoms with Crippen LogP contribution in [0.1, 0.15) is 48.5 Å². The van der Waals surface area contributed by atoms with Crippen molar-refractivity contribution in [3.8, 4) is 0 Å². The van der Waals surface area contributed by atoms with E-state index >= 15 is 0 Å². The maximum Gasteiger partial charge on any atom is 0.199 e. The van der Waals surface area contributed by atoms with Crippen LogP contribution < -0.4 is 0 Å². The van der Waals surface area contributed by atoms with Gasteiger partial charge in [-0.15, -0.1) is 0 Å². The summed E-state index contributed by atoms with van der Waals surface area (Å²) < 4.78 is 6.60. The Hall–Kier alpha value is -0.123. The summed E-state index contributed by atoms with van der Waals surface area (Å²) in [4.78, 5) is 0. The number of aliphatic hydroxyl groups excluding tert-OH is 1. The van der Waals surface area contributed by atoms with E-state index in [1.807, 2.05) is 0 Å². The van der Waals surface area contributed by atoms with Crippen molar-refractivity contribution in [2.24, 2.45) is 11.8 Å². The zero-order valence-electron chi connectivity index (χ0n) is 13.7. The van der Waals surface area contributed by atoms with Crippen LogP contribution in [-0.2, 0) is 4.43 Å². The summed E-state index contributed by atoms with van der Waals surface area (Å²) in [5, 5.41) is 10.6. The van der Waals surface area contributed by atoms with Crippen molar-refractivity contribution in [1.82, 2.24) is 0 Å². The molecular weight excluding hydrogens is 252 g/mol. The SMILES string of the molecule is C=C(C)[C@H]1C[Si](C(C)C)(C(C)C)O[C@@H](C(C)C)[C@@H]1O. The molecule has 112 valence electrons. The molecule has 0 radical (unpaired) electrons. The van der Waals surface area contributed by atoms with Crippen LogP contribution in [0.5, 0.6) is 0 Å². The Kier molecular flexibility index (Phi) is 5.44. The molecule has 3 atom stereocenters. The molecule has 1 heterocycles. The van der Waals surface area contributed by atoms with E-state index in [1.54, 1.807) is 0 Å². The number of rotatable bonds is 4. The van der Waals surface area contributed by atoms with Gasteiger partial charge in [-0.25, -0.2) is 0 Å². The molecule has 0 aromatic carbocycles. The molecule has 0 aromatic rings. The Morgan fingerprint density at radius 3 is 1.95 bits per heavy atom. The zero-order chi connectivity index (χ0) is 15.0. The van der Waals surface area contributed by atoms with E-state index in [0.717, 1.165) is 11.6 Å². The molecule has 1 aliphatic rings. The second kappa shape index (κ2) is 6.11. The lowest BCUT2D eigenvalue weighted by molar-refractivity contribution is -0.0406. The molecule has 1 aliphatic heterocycles. The van der Waals surface area contributed by atoms with Crippen molar-refractivity contribution in [2.75, 3.05) is 0 Å². The predicted octanol–water partition coefficient (Wildman–Crippen LogP) is 4.36. The van der Waals surface area contributed by atoms with Crippen molar-refractivity contribution in [2.45, 2.75) is 77.8 Å². The van der Waals surface area contributed by atoms with Gasteiger partial charge >= 0.3 is 0 Å². The van der Waals surface area contributed by atoms with E-state index in [-0.39, 0.29) is 12.0 Å². The smallest absolute Gasteiger partial charge is 0.199 e. The van der Waals surface area contributed by atoms with Crippen molar-refractivity contribution in [1.29, 1.82) is 0 Å². The molecule has 0 aromatic heterocycles. The number of hydrogen-bond donors (Lipinski definition) is 1. The largest absolute Gasteiger partial charge is 0.410 e. The molecule has 19 heavy (non-hydrogen) atoms. The van der Waals surface area contributed by atoms with Gasteiger partial charge < -0.3 is 9.53 Å². The maximum atomic E-state index is 10.6. The first-order valence-electron chi connectivity index (χ1n) is 7.64. The van der Waals surface area contributed by atoms with Crippen molar-refractivity contribution in [3.05, 3.63) is 12.2 Å². The quantitative estimate of drug-likeness (QED) is 0.614. The second-order valence-electron chi connectivity index (χ2n) is 7.24. The molecule has 0 bridgehead atoms. The summed E-state index contributed by atoms with van der Waals surface area (Å²) in [5.41, 5.74) is 2.26. The highest BCUT2D eigenvalue weighted by Crippen LogP contribution is 2.47. The summed E-state index contributed by atoms with van der Waals surface area (Å²) in [7, 11) is -1.85. The molecular formula is C16H32O2Si. The Labute approximate surface area is 120 Å². The average molecular weight is 285 g/mol. The maximum absolute atomic E-state index is 10.6. The van der Waals surface area contributed by atoms with E-state index < -0.39 is 14.4 Å². The van der Waals surface area contributed by atoms with Gasteiger partial charge in [0.1, 0.15) is 0 Å². The molecule has 3 heteroatoms. The number of hydrogen-bond acceptors (Lipinski definition) is 2. The molecule has 0 unspecified atom stereocenters. The lowest BCUT2D eigenvalue weighted by Crippen LogP contribution is -2.59. The van der Waals surface area contributed by atoms with Crippen LogP contribution in [0, 0.1) is 11.8 Å². The minimum Gasteiger partial charge on any atom is -0.410 e. The molecule has 2 nitrogen and oxygen atoms in total. The minimum atomic E-state index is -1.85. The molecule has 0 aliphatic carbocycles. The van der Waals surface area contributed by atoms with Gasteiger partial charge in [-0.1, -0.05) is 53.7 Å². The molecule has 1 rings (SSSR count). The second-order valence-corrected chi connectivity index (χ2v) is 12.1. The predicted molar refractivity (Wildman–Crippen MR) is 84.8 cm³/mol. The van der Waals surface area contributed by atoms with E-state index in [4.69, 9.17) is 4.43 Å². The lowest BCUT2D eigenvalue weighted by Gasteiger charge is -2.51. The van der Waals surface area contributed by atoms with Gasteiger partial charge in [0, 0.05) is 5.92 Å². The molecule has 1 saturated heterocycles. The summed E-state index contributed by atoms with van der Waals surface area (Å²) in [6, 6.07) is 1.02. The van der Waals surface area contributed by atoms with E-state index in [1.165, 1.54) is 0 Å². The highest BCUT2D eigenvalue weighted by molar-refractivity contribution is 6.76. The molecule has 0 saturated carbocycles.